The Balaban J connectivity index is 1.30. The van der Waals surface area contributed by atoms with Gasteiger partial charge in [-0.1, -0.05) is 54.6 Å². The molecule has 5 rings (SSSR count). The number of hydrogen-bond acceptors (Lipinski definition) is 4. The Bertz CT molecular complexity index is 1290. The zero-order valence-electron chi connectivity index (χ0n) is 19.0. The van der Waals surface area contributed by atoms with Gasteiger partial charge < -0.3 is 15.4 Å². The second kappa shape index (κ2) is 10.4. The van der Waals surface area contributed by atoms with Crippen LogP contribution >= 0.6 is 0 Å². The van der Waals surface area contributed by atoms with Gasteiger partial charge in [0.2, 0.25) is 5.91 Å². The summed E-state index contributed by atoms with van der Waals surface area (Å²) in [5.74, 6) is 0.0754. The Labute approximate surface area is 199 Å². The number of carbonyl (C=O) groups is 1. The zero-order chi connectivity index (χ0) is 23.2. The molecule has 34 heavy (non-hydrogen) atoms. The number of anilines is 2. The molecule has 6 heteroatoms. The highest BCUT2D eigenvalue weighted by Crippen LogP contribution is 2.26. The van der Waals surface area contributed by atoms with Gasteiger partial charge in [0.25, 0.3) is 0 Å². The number of benzene rings is 2. The summed E-state index contributed by atoms with van der Waals surface area (Å²) < 4.78 is 7.44. The number of amides is 1. The molecule has 2 aromatic heterocycles. The molecule has 0 unspecified atom stereocenters. The first-order valence-electron chi connectivity index (χ1n) is 11.7. The summed E-state index contributed by atoms with van der Waals surface area (Å²) in [6, 6.07) is 22.2. The van der Waals surface area contributed by atoms with Crippen LogP contribution < -0.4 is 10.6 Å². The van der Waals surface area contributed by atoms with Gasteiger partial charge in [-0.05, 0) is 42.7 Å². The molecule has 4 aromatic rings. The van der Waals surface area contributed by atoms with Crippen molar-refractivity contribution in [3.05, 3.63) is 90.8 Å². The Morgan fingerprint density at radius 2 is 1.88 bits per heavy atom. The summed E-state index contributed by atoms with van der Waals surface area (Å²) in [6.45, 7) is 2.02. The van der Waals surface area contributed by atoms with E-state index in [1.165, 1.54) is 5.56 Å². The molecule has 0 aliphatic carbocycles. The summed E-state index contributed by atoms with van der Waals surface area (Å²) in [7, 11) is 0. The first-order chi connectivity index (χ1) is 16.8. The van der Waals surface area contributed by atoms with Crippen molar-refractivity contribution in [3.8, 4) is 11.3 Å². The summed E-state index contributed by atoms with van der Waals surface area (Å²) >= 11 is 0. The van der Waals surface area contributed by atoms with Crippen LogP contribution in [0.3, 0.4) is 0 Å². The summed E-state index contributed by atoms with van der Waals surface area (Å²) in [6.07, 6.45) is 9.69. The van der Waals surface area contributed by atoms with E-state index in [0.717, 1.165) is 47.7 Å². The first kappa shape index (κ1) is 21.9. The lowest BCUT2D eigenvalue weighted by molar-refractivity contribution is -0.122. The van der Waals surface area contributed by atoms with Crippen LogP contribution in [-0.2, 0) is 9.53 Å². The Morgan fingerprint density at radius 1 is 1.03 bits per heavy atom. The van der Waals surface area contributed by atoms with Crippen LogP contribution in [0.2, 0.25) is 0 Å². The number of aromatic nitrogens is 2. The van der Waals surface area contributed by atoms with Gasteiger partial charge >= 0.3 is 0 Å². The van der Waals surface area contributed by atoms with Gasteiger partial charge in [0, 0.05) is 43.1 Å². The van der Waals surface area contributed by atoms with Crippen LogP contribution in [0, 0.1) is 5.92 Å². The summed E-state index contributed by atoms with van der Waals surface area (Å²) in [5.41, 5.74) is 5.83. The Hall–Kier alpha value is -3.90. The topological polar surface area (TPSA) is 67.7 Å². The maximum absolute atomic E-state index is 12.6. The third-order valence-electron chi connectivity index (χ3n) is 6.06. The molecule has 1 aliphatic rings. The lowest BCUT2D eigenvalue weighted by Crippen LogP contribution is -2.28. The molecule has 0 saturated carbocycles. The number of carbonyl (C=O) groups excluding carboxylic acids is 1. The van der Waals surface area contributed by atoms with Crippen molar-refractivity contribution in [2.24, 2.45) is 5.92 Å². The molecular formula is C28H28N4O2. The van der Waals surface area contributed by atoms with Gasteiger partial charge in [-0.2, -0.15) is 0 Å². The van der Waals surface area contributed by atoms with Crippen LogP contribution in [0.4, 0.5) is 11.4 Å². The molecule has 0 bridgehead atoms. The highest BCUT2D eigenvalue weighted by Gasteiger charge is 2.21. The van der Waals surface area contributed by atoms with Gasteiger partial charge in [-0.3, -0.25) is 9.20 Å². The number of ether oxygens (including phenoxy) is 1. The van der Waals surface area contributed by atoms with Crippen molar-refractivity contribution >= 4 is 29.0 Å². The highest BCUT2D eigenvalue weighted by atomic mass is 16.5. The fraction of sp³-hybridized carbons (Fsp3) is 0.214. The molecule has 0 spiro atoms. The average Bonchev–Trinajstić information content (AvgIpc) is 3.31. The third kappa shape index (κ3) is 5.18. The number of nitrogens with one attached hydrogen (secondary N) is 2. The van der Waals surface area contributed by atoms with E-state index in [0.29, 0.717) is 13.2 Å². The van der Waals surface area contributed by atoms with Crippen molar-refractivity contribution in [1.29, 1.82) is 0 Å². The van der Waals surface area contributed by atoms with Crippen molar-refractivity contribution in [1.82, 2.24) is 9.38 Å². The Morgan fingerprint density at radius 3 is 2.74 bits per heavy atom. The Kier molecular flexibility index (Phi) is 6.68. The molecule has 3 heterocycles. The van der Waals surface area contributed by atoms with Crippen molar-refractivity contribution in [2.45, 2.75) is 12.8 Å². The van der Waals surface area contributed by atoms with Crippen LogP contribution in [-0.4, -0.2) is 35.1 Å². The minimum Gasteiger partial charge on any atom is -0.381 e. The molecular weight excluding hydrogens is 424 g/mol. The van der Waals surface area contributed by atoms with E-state index in [1.807, 2.05) is 60.8 Å². The van der Waals surface area contributed by atoms with Gasteiger partial charge in [0.1, 0.15) is 5.65 Å². The minimum atomic E-state index is 0.0118. The van der Waals surface area contributed by atoms with Gasteiger partial charge in [0.15, 0.2) is 0 Å². The van der Waals surface area contributed by atoms with Crippen LogP contribution in [0.25, 0.3) is 23.0 Å². The predicted octanol–water partition coefficient (Wildman–Crippen LogP) is 5.49. The summed E-state index contributed by atoms with van der Waals surface area (Å²) in [4.78, 5) is 17.2. The standard InChI is InChI=1S/C28H28N4O2/c33-28(22-13-16-34-17-14-22)31-24-10-4-9-23(18-24)26-19-30-27-12-11-25(20-32(26)27)29-15-5-8-21-6-2-1-3-7-21/h1-12,18-20,22,29H,13-17H2,(H,31,33)/b8-5+. The quantitative estimate of drug-likeness (QED) is 0.389. The lowest BCUT2D eigenvalue weighted by atomic mass is 9.99. The van der Waals surface area contributed by atoms with E-state index < -0.39 is 0 Å². The van der Waals surface area contributed by atoms with Gasteiger partial charge in [-0.25, -0.2) is 4.98 Å². The van der Waals surface area contributed by atoms with E-state index in [2.05, 4.69) is 50.5 Å². The maximum atomic E-state index is 12.6. The van der Waals surface area contributed by atoms with E-state index in [1.54, 1.807) is 0 Å². The molecule has 1 fully saturated rings. The number of imidazole rings is 1. The summed E-state index contributed by atoms with van der Waals surface area (Å²) in [5, 5.41) is 6.52. The smallest absolute Gasteiger partial charge is 0.227 e. The molecule has 2 aromatic carbocycles. The molecule has 172 valence electrons. The van der Waals surface area contributed by atoms with Crippen molar-refractivity contribution in [3.63, 3.8) is 0 Å². The number of pyridine rings is 1. The van der Waals surface area contributed by atoms with Crippen LogP contribution in [0.15, 0.2) is 85.2 Å². The number of nitrogens with zero attached hydrogens (tertiary/aromatic N) is 2. The van der Waals surface area contributed by atoms with Gasteiger partial charge in [0.05, 0.1) is 17.6 Å². The number of hydrogen-bond donors (Lipinski definition) is 2. The van der Waals surface area contributed by atoms with Crippen molar-refractivity contribution < 1.29 is 9.53 Å². The molecule has 0 atom stereocenters. The normalized spacial score (nSPS) is 14.5. The van der Waals surface area contributed by atoms with E-state index in [9.17, 15) is 4.79 Å². The molecule has 1 saturated heterocycles. The first-order valence-corrected chi connectivity index (χ1v) is 11.7. The van der Waals surface area contributed by atoms with E-state index in [-0.39, 0.29) is 11.8 Å². The highest BCUT2D eigenvalue weighted by molar-refractivity contribution is 5.93. The van der Waals surface area contributed by atoms with E-state index >= 15 is 0 Å². The molecule has 6 nitrogen and oxygen atoms in total. The second-order valence-corrected chi connectivity index (χ2v) is 8.44. The number of fused-ring (bicyclic) bond motifs is 1. The number of rotatable bonds is 7. The lowest BCUT2D eigenvalue weighted by Gasteiger charge is -2.21. The van der Waals surface area contributed by atoms with Crippen LogP contribution in [0.5, 0.6) is 0 Å². The molecule has 1 aliphatic heterocycles. The molecule has 2 N–H and O–H groups in total. The zero-order valence-corrected chi connectivity index (χ0v) is 19.0. The minimum absolute atomic E-state index is 0.0118. The van der Waals surface area contributed by atoms with E-state index in [4.69, 9.17) is 4.74 Å². The van der Waals surface area contributed by atoms with Crippen LogP contribution in [0.1, 0.15) is 18.4 Å². The fourth-order valence-corrected chi connectivity index (χ4v) is 4.20. The molecule has 0 radical (unpaired) electrons. The largest absolute Gasteiger partial charge is 0.381 e. The predicted molar refractivity (Wildman–Crippen MR) is 137 cm³/mol. The van der Waals surface area contributed by atoms with Crippen molar-refractivity contribution in [2.75, 3.05) is 30.4 Å². The van der Waals surface area contributed by atoms with Gasteiger partial charge in [-0.15, -0.1) is 0 Å². The fourth-order valence-electron chi connectivity index (χ4n) is 4.20. The average molecular weight is 453 g/mol. The SMILES string of the molecule is O=C(Nc1cccc(-c2cnc3ccc(NC/C=C/c4ccccc4)cn23)c1)C1CCOCC1. The second-order valence-electron chi connectivity index (χ2n) is 8.44. The monoisotopic (exact) mass is 452 g/mol. The molecule has 1 amide bonds. The maximum Gasteiger partial charge on any atom is 0.227 e. The third-order valence-corrected chi connectivity index (χ3v) is 6.06.